The van der Waals surface area contributed by atoms with Crippen LogP contribution in [-0.4, -0.2) is 12.5 Å². The first kappa shape index (κ1) is 22.9. The van der Waals surface area contributed by atoms with Gasteiger partial charge in [0.05, 0.1) is 5.60 Å². The zero-order valence-corrected chi connectivity index (χ0v) is 21.0. The third-order valence-electron chi connectivity index (χ3n) is 7.94. The fourth-order valence-electron chi connectivity index (χ4n) is 5.25. The van der Waals surface area contributed by atoms with Crippen molar-refractivity contribution < 1.29 is 4.65 Å². The van der Waals surface area contributed by atoms with Crippen molar-refractivity contribution in [1.29, 1.82) is 0 Å². The van der Waals surface area contributed by atoms with Gasteiger partial charge in [-0.25, -0.2) is 0 Å². The molecule has 1 fully saturated rings. The van der Waals surface area contributed by atoms with Crippen LogP contribution in [0.2, 0.25) is 6.32 Å². The molecular weight excluding hydrogens is 387 g/mol. The second-order valence-electron chi connectivity index (χ2n) is 10.8. The highest BCUT2D eigenvalue weighted by molar-refractivity contribution is 6.68. The molecule has 0 unspecified atom stereocenters. The Morgan fingerprint density at radius 2 is 1.34 bits per heavy atom. The third-order valence-corrected chi connectivity index (χ3v) is 7.94. The zero-order chi connectivity index (χ0) is 23.3. The number of hydrogen-bond acceptors (Lipinski definition) is 1. The smallest absolute Gasteiger partial charge is 0.327 e. The van der Waals surface area contributed by atoms with Crippen LogP contribution in [0, 0.1) is 5.41 Å². The van der Waals surface area contributed by atoms with Crippen LogP contribution in [0.4, 0.5) is 0 Å². The topological polar surface area (TPSA) is 9.23 Å². The van der Waals surface area contributed by atoms with Gasteiger partial charge in [-0.15, -0.1) is 0 Å². The van der Waals surface area contributed by atoms with Crippen LogP contribution in [-0.2, 0) is 10.1 Å². The first-order valence-electron chi connectivity index (χ1n) is 12.1. The van der Waals surface area contributed by atoms with E-state index in [2.05, 4.69) is 108 Å². The fraction of sp³-hybridized carbons (Fsp3) is 0.400. The molecule has 0 atom stereocenters. The average molecular weight is 424 g/mol. The van der Waals surface area contributed by atoms with Crippen LogP contribution in [0.5, 0.6) is 0 Å². The van der Waals surface area contributed by atoms with Gasteiger partial charge in [0.1, 0.15) is 0 Å². The number of rotatable bonds is 2. The van der Waals surface area contributed by atoms with Crippen molar-refractivity contribution in [2.75, 3.05) is 0 Å². The van der Waals surface area contributed by atoms with Gasteiger partial charge in [0.15, 0.2) is 0 Å². The van der Waals surface area contributed by atoms with Crippen molar-refractivity contribution in [3.05, 3.63) is 77.9 Å². The Morgan fingerprint density at radius 3 is 2.03 bits per heavy atom. The number of hydrogen-bond donors (Lipinski definition) is 0. The van der Waals surface area contributed by atoms with E-state index in [1.165, 1.54) is 38.8 Å². The molecule has 5 rings (SSSR count). The monoisotopic (exact) mass is 424 g/mol. The first-order valence-corrected chi connectivity index (χ1v) is 12.1. The van der Waals surface area contributed by atoms with Gasteiger partial charge in [0.2, 0.25) is 0 Å². The van der Waals surface area contributed by atoms with E-state index in [4.69, 9.17) is 4.65 Å². The van der Waals surface area contributed by atoms with Gasteiger partial charge >= 0.3 is 6.92 Å². The summed E-state index contributed by atoms with van der Waals surface area (Å²) in [4.78, 5) is 0. The minimum Gasteiger partial charge on any atom is -0.426 e. The van der Waals surface area contributed by atoms with Crippen molar-refractivity contribution in [2.24, 2.45) is 5.41 Å². The molecule has 0 N–H and O–H groups in total. The summed E-state index contributed by atoms with van der Waals surface area (Å²) in [6.45, 7) is 17.9. The van der Waals surface area contributed by atoms with Crippen molar-refractivity contribution >= 4 is 12.4 Å². The van der Waals surface area contributed by atoms with Gasteiger partial charge in [-0.2, -0.15) is 0 Å². The summed E-state index contributed by atoms with van der Waals surface area (Å²) < 4.78 is 6.49. The van der Waals surface area contributed by atoms with Gasteiger partial charge in [-0.3, -0.25) is 0 Å². The van der Waals surface area contributed by atoms with E-state index in [0.717, 1.165) is 6.32 Å². The molecule has 0 saturated carbocycles. The standard InChI is InChI=1S/C28H31BO.C2H6/c1-26(2)18-29(30-28(26,5)6)21-11-9-10-19(16-21)20-14-15-23-22-12-7-8-13-24(22)27(3,4)25(23)17-20;1-2/h7-17H,18H2,1-6H3;1-2H3. The van der Waals surface area contributed by atoms with Crippen molar-refractivity contribution in [1.82, 2.24) is 0 Å². The van der Waals surface area contributed by atoms with E-state index in [-0.39, 0.29) is 23.3 Å². The Bertz CT molecular complexity index is 1120. The highest BCUT2D eigenvalue weighted by atomic mass is 16.5. The number of fused-ring (bicyclic) bond motifs is 3. The zero-order valence-electron chi connectivity index (χ0n) is 21.0. The molecule has 3 aromatic rings. The molecular formula is C30H37BO. The highest BCUT2D eigenvalue weighted by Crippen LogP contribution is 2.49. The lowest BCUT2D eigenvalue weighted by Crippen LogP contribution is -2.36. The molecule has 3 aromatic carbocycles. The molecule has 1 nitrogen and oxygen atoms in total. The summed E-state index contributed by atoms with van der Waals surface area (Å²) in [6.07, 6.45) is 1.05. The van der Waals surface area contributed by atoms with E-state index >= 15 is 0 Å². The van der Waals surface area contributed by atoms with E-state index in [0.29, 0.717) is 0 Å². The first-order chi connectivity index (χ1) is 15.1. The quantitative estimate of drug-likeness (QED) is 0.383. The number of benzene rings is 3. The third kappa shape index (κ3) is 3.53. The summed E-state index contributed by atoms with van der Waals surface area (Å²) in [5, 5.41) is 0. The van der Waals surface area contributed by atoms with Crippen molar-refractivity contribution in [3.8, 4) is 22.3 Å². The van der Waals surface area contributed by atoms with E-state index in [9.17, 15) is 0 Å². The molecule has 1 aliphatic carbocycles. The molecule has 0 aromatic heterocycles. The van der Waals surface area contributed by atoms with Gasteiger partial charge in [0.25, 0.3) is 0 Å². The van der Waals surface area contributed by atoms with Crippen LogP contribution in [0.3, 0.4) is 0 Å². The lowest BCUT2D eigenvalue weighted by Gasteiger charge is -2.34. The Labute approximate surface area is 195 Å². The predicted octanol–water partition coefficient (Wildman–Crippen LogP) is 7.72. The molecule has 2 aliphatic rings. The lowest BCUT2D eigenvalue weighted by atomic mass is 9.54. The minimum absolute atomic E-state index is 0.0299. The van der Waals surface area contributed by atoms with E-state index < -0.39 is 0 Å². The predicted molar refractivity (Wildman–Crippen MR) is 140 cm³/mol. The maximum Gasteiger partial charge on any atom is 0.327 e. The van der Waals surface area contributed by atoms with Crippen LogP contribution in [0.25, 0.3) is 22.3 Å². The SMILES string of the molecule is CC.CC1(C)c2ccccc2-c2ccc(-c3cccc(B4CC(C)(C)C(C)(C)O4)c3)cc21. The fourth-order valence-corrected chi connectivity index (χ4v) is 5.25. The van der Waals surface area contributed by atoms with E-state index in [1.807, 2.05) is 13.8 Å². The van der Waals surface area contributed by atoms with Gasteiger partial charge < -0.3 is 4.65 Å². The molecule has 0 bridgehead atoms. The largest absolute Gasteiger partial charge is 0.426 e. The molecule has 0 spiro atoms. The van der Waals surface area contributed by atoms with Gasteiger partial charge in [-0.1, -0.05) is 102 Å². The molecule has 166 valence electrons. The maximum atomic E-state index is 6.49. The van der Waals surface area contributed by atoms with Gasteiger partial charge in [0, 0.05) is 5.41 Å². The van der Waals surface area contributed by atoms with Crippen LogP contribution < -0.4 is 5.46 Å². The second-order valence-corrected chi connectivity index (χ2v) is 10.8. The Hall–Kier alpha value is -2.32. The van der Waals surface area contributed by atoms with Gasteiger partial charge in [-0.05, 0) is 70.5 Å². The normalized spacial score (nSPS) is 19.1. The lowest BCUT2D eigenvalue weighted by molar-refractivity contribution is 0.0375. The average Bonchev–Trinajstić information content (AvgIpc) is 3.15. The summed E-state index contributed by atoms with van der Waals surface area (Å²) in [5.74, 6) is 0. The Morgan fingerprint density at radius 1 is 0.688 bits per heavy atom. The summed E-state index contributed by atoms with van der Waals surface area (Å²) in [7, 11) is 0. The molecule has 1 saturated heterocycles. The molecule has 32 heavy (non-hydrogen) atoms. The maximum absolute atomic E-state index is 6.49. The summed E-state index contributed by atoms with van der Waals surface area (Å²) >= 11 is 0. The Kier molecular flexibility index (Phi) is 5.66. The van der Waals surface area contributed by atoms with Crippen LogP contribution in [0.15, 0.2) is 66.7 Å². The van der Waals surface area contributed by atoms with Crippen LogP contribution in [0.1, 0.15) is 66.5 Å². The second kappa shape index (κ2) is 7.92. The molecule has 1 aliphatic heterocycles. The molecule has 0 radical (unpaired) electrons. The molecule has 2 heteroatoms. The van der Waals surface area contributed by atoms with E-state index in [1.54, 1.807) is 0 Å². The molecule has 0 amide bonds. The Balaban J connectivity index is 0.00000119. The van der Waals surface area contributed by atoms with Crippen LogP contribution >= 0.6 is 0 Å². The minimum atomic E-state index is -0.114. The summed E-state index contributed by atoms with van der Waals surface area (Å²) in [5.41, 5.74) is 9.52. The summed E-state index contributed by atoms with van der Waals surface area (Å²) in [6, 6.07) is 24.8. The highest BCUT2D eigenvalue weighted by Gasteiger charge is 2.49. The molecule has 1 heterocycles. The van der Waals surface area contributed by atoms with Crippen molar-refractivity contribution in [2.45, 2.75) is 72.7 Å². The van der Waals surface area contributed by atoms with Crippen molar-refractivity contribution in [3.63, 3.8) is 0 Å².